The van der Waals surface area contributed by atoms with E-state index in [2.05, 4.69) is 4.98 Å². The average molecular weight is 340 g/mol. The average Bonchev–Trinajstić information content (AvgIpc) is 3.00. The van der Waals surface area contributed by atoms with Gasteiger partial charge in [0.2, 0.25) is 10.0 Å². The monoisotopic (exact) mass is 339 g/mol. The van der Waals surface area contributed by atoms with Crippen molar-refractivity contribution in [2.75, 3.05) is 16.6 Å². The molecular formula is C14H14ClN3O3S. The number of aromatic nitrogens is 2. The van der Waals surface area contributed by atoms with Crippen LogP contribution in [0.5, 0.6) is 0 Å². The number of sulfonamides is 1. The molecule has 116 valence electrons. The second-order valence-electron chi connectivity index (χ2n) is 5.03. The molecule has 0 unspecified atom stereocenters. The number of imidazole rings is 1. The van der Waals surface area contributed by atoms with Crippen molar-refractivity contribution in [3.8, 4) is 0 Å². The smallest absolute Gasteiger partial charge is 0.264 e. The normalized spacial score (nSPS) is 17.4. The summed E-state index contributed by atoms with van der Waals surface area (Å²) in [4.78, 5) is 16.1. The van der Waals surface area contributed by atoms with Crippen molar-refractivity contribution in [2.24, 2.45) is 0 Å². The van der Waals surface area contributed by atoms with E-state index in [1.54, 1.807) is 12.1 Å². The van der Waals surface area contributed by atoms with Crippen LogP contribution in [0.3, 0.4) is 0 Å². The summed E-state index contributed by atoms with van der Waals surface area (Å²) in [5, 5.41) is 0.219. The van der Waals surface area contributed by atoms with Gasteiger partial charge in [0.05, 0.1) is 22.0 Å². The van der Waals surface area contributed by atoms with E-state index < -0.39 is 10.0 Å². The van der Waals surface area contributed by atoms with E-state index in [0.29, 0.717) is 24.2 Å². The molecule has 0 aliphatic carbocycles. The molecule has 2 aromatic rings. The SMILES string of the molecule is O=C(c1ccc(N2CCCCS2(=O)=O)cc1Cl)n1ccnc1. The predicted octanol–water partition coefficient (Wildman–Crippen LogP) is 2.16. The van der Waals surface area contributed by atoms with E-state index in [1.165, 1.54) is 33.7 Å². The first-order chi connectivity index (χ1) is 10.5. The van der Waals surface area contributed by atoms with Crippen LogP contribution in [0.2, 0.25) is 5.02 Å². The zero-order valence-corrected chi connectivity index (χ0v) is 13.2. The third-order valence-corrected chi connectivity index (χ3v) is 5.74. The minimum Gasteiger partial charge on any atom is -0.272 e. The van der Waals surface area contributed by atoms with Crippen LogP contribution >= 0.6 is 11.6 Å². The largest absolute Gasteiger partial charge is 0.272 e. The lowest BCUT2D eigenvalue weighted by Crippen LogP contribution is -2.37. The van der Waals surface area contributed by atoms with E-state index in [-0.39, 0.29) is 16.7 Å². The van der Waals surface area contributed by atoms with Gasteiger partial charge in [0.25, 0.3) is 5.91 Å². The zero-order chi connectivity index (χ0) is 15.7. The maximum Gasteiger partial charge on any atom is 0.264 e. The Morgan fingerprint density at radius 1 is 1.27 bits per heavy atom. The van der Waals surface area contributed by atoms with Crippen LogP contribution in [0.25, 0.3) is 0 Å². The van der Waals surface area contributed by atoms with E-state index in [9.17, 15) is 13.2 Å². The van der Waals surface area contributed by atoms with Crippen molar-refractivity contribution in [1.29, 1.82) is 0 Å². The van der Waals surface area contributed by atoms with Crippen LogP contribution in [0.4, 0.5) is 5.69 Å². The number of halogens is 1. The minimum atomic E-state index is -3.30. The first-order valence-electron chi connectivity index (χ1n) is 6.82. The Labute approximate surface area is 133 Å². The fourth-order valence-corrected chi connectivity index (χ4v) is 4.32. The summed E-state index contributed by atoms with van der Waals surface area (Å²) in [6, 6.07) is 4.68. The van der Waals surface area contributed by atoms with Gasteiger partial charge in [0, 0.05) is 18.9 Å². The summed E-state index contributed by atoms with van der Waals surface area (Å²) in [6.45, 7) is 0.438. The highest BCUT2D eigenvalue weighted by molar-refractivity contribution is 7.92. The van der Waals surface area contributed by atoms with Gasteiger partial charge < -0.3 is 0 Å². The van der Waals surface area contributed by atoms with Gasteiger partial charge in [-0.2, -0.15) is 0 Å². The maximum atomic E-state index is 12.2. The molecule has 8 heteroatoms. The molecule has 22 heavy (non-hydrogen) atoms. The zero-order valence-electron chi connectivity index (χ0n) is 11.6. The molecule has 1 aromatic heterocycles. The summed E-state index contributed by atoms with van der Waals surface area (Å²) < 4.78 is 26.9. The maximum absolute atomic E-state index is 12.2. The first kappa shape index (κ1) is 15.1. The second-order valence-corrected chi connectivity index (χ2v) is 7.45. The van der Waals surface area contributed by atoms with Crippen molar-refractivity contribution in [2.45, 2.75) is 12.8 Å². The molecule has 2 heterocycles. The molecule has 1 aliphatic heterocycles. The number of benzene rings is 1. The number of anilines is 1. The van der Waals surface area contributed by atoms with Crippen LogP contribution in [-0.2, 0) is 10.0 Å². The van der Waals surface area contributed by atoms with Crippen molar-refractivity contribution >= 4 is 33.2 Å². The van der Waals surface area contributed by atoms with Gasteiger partial charge in [-0.1, -0.05) is 11.6 Å². The molecule has 0 N–H and O–H groups in total. The summed E-state index contributed by atoms with van der Waals surface area (Å²) in [5.41, 5.74) is 0.796. The molecule has 1 aliphatic rings. The van der Waals surface area contributed by atoms with Crippen LogP contribution < -0.4 is 4.31 Å². The van der Waals surface area contributed by atoms with Gasteiger partial charge in [-0.15, -0.1) is 0 Å². The number of carbonyl (C=O) groups is 1. The summed E-state index contributed by atoms with van der Waals surface area (Å²) in [5.74, 6) is -0.170. The summed E-state index contributed by atoms with van der Waals surface area (Å²) in [6.07, 6.45) is 5.90. The van der Waals surface area contributed by atoms with Crippen LogP contribution in [-0.4, -0.2) is 36.2 Å². The van der Waals surface area contributed by atoms with Crippen molar-refractivity contribution in [3.63, 3.8) is 0 Å². The number of carbonyl (C=O) groups excluding carboxylic acids is 1. The topological polar surface area (TPSA) is 72.3 Å². The highest BCUT2D eigenvalue weighted by Crippen LogP contribution is 2.28. The van der Waals surface area contributed by atoms with Gasteiger partial charge in [-0.05, 0) is 31.0 Å². The standard InChI is InChI=1S/C14H14ClN3O3S/c15-13-9-11(18-6-1-2-8-22(18,20)21)3-4-12(13)14(19)17-7-5-16-10-17/h3-5,7,9-10H,1-2,6,8H2. The highest BCUT2D eigenvalue weighted by atomic mass is 35.5. The Balaban J connectivity index is 1.94. The Bertz CT molecular complexity index is 803. The lowest BCUT2D eigenvalue weighted by Gasteiger charge is -2.28. The molecule has 3 rings (SSSR count). The number of hydrogen-bond donors (Lipinski definition) is 0. The van der Waals surface area contributed by atoms with Crippen molar-refractivity contribution < 1.29 is 13.2 Å². The fourth-order valence-electron chi connectivity index (χ4n) is 2.43. The van der Waals surface area contributed by atoms with Crippen LogP contribution in [0.15, 0.2) is 36.9 Å². The molecule has 1 fully saturated rings. The van der Waals surface area contributed by atoms with Gasteiger partial charge in [0.1, 0.15) is 6.33 Å². The molecule has 0 radical (unpaired) electrons. The van der Waals surface area contributed by atoms with Gasteiger partial charge >= 0.3 is 0 Å². The highest BCUT2D eigenvalue weighted by Gasteiger charge is 2.26. The van der Waals surface area contributed by atoms with Gasteiger partial charge in [-0.3, -0.25) is 13.7 Å². The van der Waals surface area contributed by atoms with E-state index in [4.69, 9.17) is 11.6 Å². The lowest BCUT2D eigenvalue weighted by atomic mass is 10.2. The molecular weight excluding hydrogens is 326 g/mol. The second kappa shape index (κ2) is 5.73. The van der Waals surface area contributed by atoms with Crippen molar-refractivity contribution in [1.82, 2.24) is 9.55 Å². The fraction of sp³-hybridized carbons (Fsp3) is 0.286. The third kappa shape index (κ3) is 2.74. The van der Waals surface area contributed by atoms with Gasteiger partial charge in [0.15, 0.2) is 0 Å². The molecule has 1 saturated heterocycles. The van der Waals surface area contributed by atoms with Crippen LogP contribution in [0, 0.1) is 0 Å². The number of hydrogen-bond acceptors (Lipinski definition) is 4. The minimum absolute atomic E-state index is 0.139. The molecule has 0 atom stereocenters. The van der Waals surface area contributed by atoms with E-state index in [0.717, 1.165) is 6.42 Å². The van der Waals surface area contributed by atoms with E-state index >= 15 is 0 Å². The molecule has 1 aromatic carbocycles. The number of rotatable bonds is 2. The van der Waals surface area contributed by atoms with Crippen molar-refractivity contribution in [3.05, 3.63) is 47.5 Å². The quantitative estimate of drug-likeness (QED) is 0.840. The van der Waals surface area contributed by atoms with Gasteiger partial charge in [-0.25, -0.2) is 13.4 Å². The summed E-state index contributed by atoms with van der Waals surface area (Å²) >= 11 is 6.18. The Morgan fingerprint density at radius 2 is 2.09 bits per heavy atom. The number of nitrogens with zero attached hydrogens (tertiary/aromatic N) is 3. The lowest BCUT2D eigenvalue weighted by molar-refractivity contribution is 0.0960. The Morgan fingerprint density at radius 3 is 2.73 bits per heavy atom. The van der Waals surface area contributed by atoms with Crippen LogP contribution in [0.1, 0.15) is 23.2 Å². The predicted molar refractivity (Wildman–Crippen MR) is 83.8 cm³/mol. The Hall–Kier alpha value is -1.86. The Kier molecular flexibility index (Phi) is 3.92. The first-order valence-corrected chi connectivity index (χ1v) is 8.80. The molecule has 0 bridgehead atoms. The summed E-state index contributed by atoms with van der Waals surface area (Å²) in [7, 11) is -3.30. The third-order valence-electron chi connectivity index (χ3n) is 3.56. The molecule has 0 saturated carbocycles. The molecule has 0 amide bonds. The van der Waals surface area contributed by atoms with E-state index in [1.807, 2.05) is 0 Å². The molecule has 0 spiro atoms. The molecule has 6 nitrogen and oxygen atoms in total.